The summed E-state index contributed by atoms with van der Waals surface area (Å²) in [6.07, 6.45) is 1.67. The lowest BCUT2D eigenvalue weighted by Gasteiger charge is -2.28. The minimum atomic E-state index is 0.0871. The quantitative estimate of drug-likeness (QED) is 0.723. The summed E-state index contributed by atoms with van der Waals surface area (Å²) in [4.78, 5) is 13.0. The van der Waals surface area contributed by atoms with Gasteiger partial charge >= 0.3 is 0 Å². The molecule has 0 N–H and O–H groups in total. The van der Waals surface area contributed by atoms with Crippen molar-refractivity contribution in [3.63, 3.8) is 0 Å². The molecule has 1 aromatic rings. The molecule has 0 amide bonds. The van der Waals surface area contributed by atoms with E-state index in [0.717, 1.165) is 25.9 Å². The molecule has 2 heteroatoms. The molecule has 1 aliphatic heterocycles. The highest BCUT2D eigenvalue weighted by atomic mass is 16.1. The summed E-state index contributed by atoms with van der Waals surface area (Å²) in [7, 11) is 0. The van der Waals surface area contributed by atoms with Crippen molar-refractivity contribution >= 4 is 6.29 Å². The number of hydrogen-bond donors (Lipinski definition) is 0. The van der Waals surface area contributed by atoms with Gasteiger partial charge in [0.1, 0.15) is 6.29 Å². The van der Waals surface area contributed by atoms with Crippen LogP contribution in [0.1, 0.15) is 31.4 Å². The summed E-state index contributed by atoms with van der Waals surface area (Å²) in [5.41, 5.74) is 2.96. The van der Waals surface area contributed by atoms with Gasteiger partial charge in [-0.2, -0.15) is 0 Å². The molecule has 0 spiro atoms. The van der Waals surface area contributed by atoms with Crippen LogP contribution in [0.4, 0.5) is 0 Å². The van der Waals surface area contributed by atoms with Crippen LogP contribution in [-0.4, -0.2) is 17.7 Å². The zero-order valence-corrected chi connectivity index (χ0v) is 10.1. The molecule has 2 nitrogen and oxygen atoms in total. The van der Waals surface area contributed by atoms with Crippen molar-refractivity contribution in [3.05, 3.63) is 35.4 Å². The number of rotatable bonds is 4. The molecule has 0 saturated heterocycles. The SMILES string of the molecule is CC(C)(CC=O)CN1Cc2ccccc2C1. The molecular weight excluding hydrogens is 198 g/mol. The van der Waals surface area contributed by atoms with Gasteiger partial charge in [0.25, 0.3) is 0 Å². The Balaban J connectivity index is 1.99. The number of carbonyl (C=O) groups is 1. The molecule has 0 bridgehead atoms. The smallest absolute Gasteiger partial charge is 0.120 e. The normalized spacial score (nSPS) is 16.1. The molecule has 0 atom stereocenters. The van der Waals surface area contributed by atoms with Gasteiger partial charge < -0.3 is 4.79 Å². The van der Waals surface area contributed by atoms with E-state index in [1.165, 1.54) is 11.1 Å². The van der Waals surface area contributed by atoms with Crippen LogP contribution >= 0.6 is 0 Å². The van der Waals surface area contributed by atoms with Crippen LogP contribution < -0.4 is 0 Å². The van der Waals surface area contributed by atoms with Gasteiger partial charge in [-0.25, -0.2) is 0 Å². The van der Waals surface area contributed by atoms with Gasteiger partial charge in [-0.3, -0.25) is 4.90 Å². The van der Waals surface area contributed by atoms with E-state index in [-0.39, 0.29) is 5.41 Å². The third-order valence-corrected chi connectivity index (χ3v) is 3.19. The van der Waals surface area contributed by atoms with Crippen molar-refractivity contribution in [2.45, 2.75) is 33.4 Å². The fourth-order valence-corrected chi connectivity index (χ4v) is 2.41. The standard InChI is InChI=1S/C14H19NO/c1-14(2,7-8-16)11-15-9-12-5-3-4-6-13(12)10-15/h3-6,8H,7,9-11H2,1-2H3. The Morgan fingerprint density at radius 3 is 2.31 bits per heavy atom. The number of aldehydes is 1. The third-order valence-electron chi connectivity index (χ3n) is 3.19. The topological polar surface area (TPSA) is 20.3 Å². The van der Waals surface area contributed by atoms with E-state index in [4.69, 9.17) is 0 Å². The molecule has 0 radical (unpaired) electrons. The Morgan fingerprint density at radius 2 is 1.81 bits per heavy atom. The molecule has 16 heavy (non-hydrogen) atoms. The van der Waals surface area contributed by atoms with E-state index in [0.29, 0.717) is 6.42 Å². The van der Waals surface area contributed by atoms with E-state index in [1.54, 1.807) is 0 Å². The second-order valence-electron chi connectivity index (χ2n) is 5.45. The largest absolute Gasteiger partial charge is 0.303 e. The summed E-state index contributed by atoms with van der Waals surface area (Å²) in [5.74, 6) is 0. The zero-order valence-electron chi connectivity index (χ0n) is 10.1. The van der Waals surface area contributed by atoms with Crippen molar-refractivity contribution in [2.75, 3.05) is 6.54 Å². The van der Waals surface area contributed by atoms with Gasteiger partial charge in [0, 0.05) is 26.1 Å². The van der Waals surface area contributed by atoms with Gasteiger partial charge in [-0.15, -0.1) is 0 Å². The van der Waals surface area contributed by atoms with Crippen LogP contribution in [0.5, 0.6) is 0 Å². The minimum Gasteiger partial charge on any atom is -0.303 e. The average molecular weight is 217 g/mol. The number of carbonyl (C=O) groups excluding carboxylic acids is 1. The summed E-state index contributed by atoms with van der Waals surface area (Å²) in [6, 6.07) is 8.59. The molecule has 1 aromatic carbocycles. The van der Waals surface area contributed by atoms with Gasteiger partial charge in [0.2, 0.25) is 0 Å². The second kappa shape index (κ2) is 4.38. The van der Waals surface area contributed by atoms with Gasteiger partial charge in [-0.05, 0) is 16.5 Å². The molecular formula is C14H19NO. The molecule has 0 saturated carbocycles. The molecule has 0 aromatic heterocycles. The first-order valence-corrected chi connectivity index (χ1v) is 5.83. The van der Waals surface area contributed by atoms with Crippen LogP contribution in [-0.2, 0) is 17.9 Å². The van der Waals surface area contributed by atoms with Crippen molar-refractivity contribution in [3.8, 4) is 0 Å². The van der Waals surface area contributed by atoms with E-state index < -0.39 is 0 Å². The number of benzene rings is 1. The maximum Gasteiger partial charge on any atom is 0.120 e. The van der Waals surface area contributed by atoms with Gasteiger partial charge in [0.05, 0.1) is 0 Å². The highest BCUT2D eigenvalue weighted by molar-refractivity contribution is 5.50. The highest BCUT2D eigenvalue weighted by Crippen LogP contribution is 2.27. The molecule has 0 aliphatic carbocycles. The Hall–Kier alpha value is -1.15. The lowest BCUT2D eigenvalue weighted by atomic mass is 9.89. The monoisotopic (exact) mass is 217 g/mol. The van der Waals surface area contributed by atoms with Crippen molar-refractivity contribution in [1.82, 2.24) is 4.90 Å². The first kappa shape index (κ1) is 11.3. The Kier molecular flexibility index (Phi) is 3.10. The van der Waals surface area contributed by atoms with Crippen LogP contribution in [0.15, 0.2) is 24.3 Å². The van der Waals surface area contributed by atoms with E-state index in [1.807, 2.05) is 0 Å². The van der Waals surface area contributed by atoms with E-state index in [9.17, 15) is 4.79 Å². The summed E-state index contributed by atoms with van der Waals surface area (Å²) in [5, 5.41) is 0. The van der Waals surface area contributed by atoms with E-state index >= 15 is 0 Å². The van der Waals surface area contributed by atoms with Crippen LogP contribution in [0, 0.1) is 5.41 Å². The lowest BCUT2D eigenvalue weighted by molar-refractivity contribution is -0.109. The maximum absolute atomic E-state index is 10.6. The second-order valence-corrected chi connectivity index (χ2v) is 5.45. The summed E-state index contributed by atoms with van der Waals surface area (Å²) < 4.78 is 0. The van der Waals surface area contributed by atoms with Crippen LogP contribution in [0.3, 0.4) is 0 Å². The van der Waals surface area contributed by atoms with Gasteiger partial charge in [0.15, 0.2) is 0 Å². The van der Waals surface area contributed by atoms with Crippen LogP contribution in [0.2, 0.25) is 0 Å². The third kappa shape index (κ3) is 2.50. The molecule has 0 unspecified atom stereocenters. The molecule has 86 valence electrons. The predicted octanol–water partition coefficient (Wildman–Crippen LogP) is 2.62. The summed E-state index contributed by atoms with van der Waals surface area (Å²) >= 11 is 0. The average Bonchev–Trinajstić information content (AvgIpc) is 2.58. The van der Waals surface area contributed by atoms with Crippen LogP contribution in [0.25, 0.3) is 0 Å². The predicted molar refractivity (Wildman–Crippen MR) is 65.0 cm³/mol. The number of fused-ring (bicyclic) bond motifs is 1. The first-order valence-electron chi connectivity index (χ1n) is 5.83. The maximum atomic E-state index is 10.6. The van der Waals surface area contributed by atoms with Crippen molar-refractivity contribution in [2.24, 2.45) is 5.41 Å². The van der Waals surface area contributed by atoms with E-state index in [2.05, 4.69) is 43.0 Å². The van der Waals surface area contributed by atoms with Crippen molar-refractivity contribution < 1.29 is 4.79 Å². The molecule has 1 heterocycles. The fourth-order valence-electron chi connectivity index (χ4n) is 2.41. The van der Waals surface area contributed by atoms with Crippen molar-refractivity contribution in [1.29, 1.82) is 0 Å². The zero-order chi connectivity index (χ0) is 11.6. The lowest BCUT2D eigenvalue weighted by Crippen LogP contribution is -2.30. The van der Waals surface area contributed by atoms with Gasteiger partial charge in [-0.1, -0.05) is 38.1 Å². The number of hydrogen-bond acceptors (Lipinski definition) is 2. The molecule has 1 aliphatic rings. The summed E-state index contributed by atoms with van der Waals surface area (Å²) in [6.45, 7) is 7.35. The Morgan fingerprint density at radius 1 is 1.25 bits per heavy atom. The first-order chi connectivity index (χ1) is 7.61. The minimum absolute atomic E-state index is 0.0871. The Bertz CT molecular complexity index is 359. The molecule has 2 rings (SSSR count). The number of nitrogens with zero attached hydrogens (tertiary/aromatic N) is 1. The Labute approximate surface area is 97.3 Å². The fraction of sp³-hybridized carbons (Fsp3) is 0.500. The highest BCUT2D eigenvalue weighted by Gasteiger charge is 2.25. The molecule has 0 fully saturated rings.